The predicted octanol–water partition coefficient (Wildman–Crippen LogP) is 1.40. The van der Waals surface area contributed by atoms with Crippen molar-refractivity contribution < 1.29 is 27.9 Å². The molecule has 0 bridgehead atoms. The van der Waals surface area contributed by atoms with Crippen molar-refractivity contribution >= 4 is 12.0 Å². The van der Waals surface area contributed by atoms with Crippen LogP contribution in [-0.4, -0.2) is 59.8 Å². The SMILES string of the molecule is CN(CCC(F)(F)F)C(=O)N1CCC(C(=O)O)C1. The molecule has 1 saturated heterocycles. The second-order valence-corrected chi connectivity index (χ2v) is 4.34. The molecule has 2 amide bonds. The van der Waals surface area contributed by atoms with E-state index in [1.807, 2.05) is 0 Å². The molecule has 0 aromatic heterocycles. The van der Waals surface area contributed by atoms with Gasteiger partial charge in [0.25, 0.3) is 0 Å². The maximum Gasteiger partial charge on any atom is 0.390 e. The molecule has 1 fully saturated rings. The highest BCUT2D eigenvalue weighted by molar-refractivity contribution is 5.77. The summed E-state index contributed by atoms with van der Waals surface area (Å²) in [6.07, 6.45) is -5.03. The van der Waals surface area contributed by atoms with E-state index in [0.717, 1.165) is 4.90 Å². The molecule has 1 heterocycles. The molecule has 0 aromatic rings. The summed E-state index contributed by atoms with van der Waals surface area (Å²) in [6, 6.07) is -0.553. The lowest BCUT2D eigenvalue weighted by Gasteiger charge is -2.24. The fraction of sp³-hybridized carbons (Fsp3) is 0.800. The van der Waals surface area contributed by atoms with Crippen LogP contribution in [-0.2, 0) is 4.79 Å². The first-order valence-corrected chi connectivity index (χ1v) is 5.50. The number of aliphatic carboxylic acids is 1. The van der Waals surface area contributed by atoms with Crippen LogP contribution in [0.2, 0.25) is 0 Å². The molecule has 0 radical (unpaired) electrons. The van der Waals surface area contributed by atoms with Crippen molar-refractivity contribution in [2.45, 2.75) is 19.0 Å². The molecule has 1 aliphatic heterocycles. The third-order valence-electron chi connectivity index (χ3n) is 2.87. The average Bonchev–Trinajstić information content (AvgIpc) is 2.73. The summed E-state index contributed by atoms with van der Waals surface area (Å²) >= 11 is 0. The number of carboxylic acids is 1. The standard InChI is InChI=1S/C10H15F3N2O3/c1-14(5-3-10(11,12)13)9(18)15-4-2-7(6-15)8(16)17/h7H,2-6H2,1H3,(H,16,17). The molecule has 0 spiro atoms. The molecule has 0 saturated carbocycles. The van der Waals surface area contributed by atoms with Crippen LogP contribution in [0.5, 0.6) is 0 Å². The van der Waals surface area contributed by atoms with E-state index >= 15 is 0 Å². The van der Waals surface area contributed by atoms with Gasteiger partial charge >= 0.3 is 18.2 Å². The second-order valence-electron chi connectivity index (χ2n) is 4.34. The Kier molecular flexibility index (Phi) is 4.42. The highest BCUT2D eigenvalue weighted by Crippen LogP contribution is 2.21. The van der Waals surface area contributed by atoms with Crippen LogP contribution in [0.15, 0.2) is 0 Å². The number of hydrogen-bond donors (Lipinski definition) is 1. The molecule has 0 aliphatic carbocycles. The molecule has 1 N–H and O–H groups in total. The van der Waals surface area contributed by atoms with Crippen molar-refractivity contribution in [3.8, 4) is 0 Å². The first kappa shape index (κ1) is 14.6. The topological polar surface area (TPSA) is 60.9 Å². The summed E-state index contributed by atoms with van der Waals surface area (Å²) in [6.45, 7) is -0.0900. The summed E-state index contributed by atoms with van der Waals surface area (Å²) in [4.78, 5) is 24.7. The normalized spacial score (nSPS) is 20.0. The van der Waals surface area contributed by atoms with Crippen molar-refractivity contribution in [2.24, 2.45) is 5.92 Å². The number of carboxylic acid groups (broad SMARTS) is 1. The Hall–Kier alpha value is -1.47. The van der Waals surface area contributed by atoms with Gasteiger partial charge in [-0.05, 0) is 6.42 Å². The lowest BCUT2D eigenvalue weighted by Crippen LogP contribution is -2.41. The van der Waals surface area contributed by atoms with Crippen LogP contribution in [0.4, 0.5) is 18.0 Å². The van der Waals surface area contributed by atoms with Crippen LogP contribution in [0.1, 0.15) is 12.8 Å². The van der Waals surface area contributed by atoms with Crippen molar-refractivity contribution in [1.29, 1.82) is 0 Å². The summed E-state index contributed by atoms with van der Waals surface area (Å²) in [5.41, 5.74) is 0. The number of halogens is 3. The molecule has 18 heavy (non-hydrogen) atoms. The van der Waals surface area contributed by atoms with Crippen LogP contribution in [0.25, 0.3) is 0 Å². The number of carbonyl (C=O) groups excluding carboxylic acids is 1. The van der Waals surface area contributed by atoms with E-state index in [9.17, 15) is 22.8 Å². The second kappa shape index (κ2) is 5.45. The average molecular weight is 268 g/mol. The zero-order chi connectivity index (χ0) is 13.9. The maximum atomic E-state index is 12.0. The van der Waals surface area contributed by atoms with Gasteiger partial charge in [-0.1, -0.05) is 0 Å². The van der Waals surface area contributed by atoms with Crippen LogP contribution in [0.3, 0.4) is 0 Å². The Morgan fingerprint density at radius 2 is 2.06 bits per heavy atom. The van der Waals surface area contributed by atoms with Crippen molar-refractivity contribution in [3.63, 3.8) is 0 Å². The molecule has 1 aliphatic rings. The highest BCUT2D eigenvalue weighted by Gasteiger charge is 2.33. The van der Waals surface area contributed by atoms with E-state index < -0.39 is 37.1 Å². The van der Waals surface area contributed by atoms with E-state index in [1.165, 1.54) is 11.9 Å². The smallest absolute Gasteiger partial charge is 0.390 e. The number of carbonyl (C=O) groups is 2. The van der Waals surface area contributed by atoms with Crippen molar-refractivity contribution in [2.75, 3.05) is 26.7 Å². The van der Waals surface area contributed by atoms with Gasteiger partial charge in [0.15, 0.2) is 0 Å². The number of alkyl halides is 3. The van der Waals surface area contributed by atoms with E-state index in [2.05, 4.69) is 0 Å². The zero-order valence-corrected chi connectivity index (χ0v) is 9.90. The Morgan fingerprint density at radius 3 is 2.50 bits per heavy atom. The number of urea groups is 1. The van der Waals surface area contributed by atoms with Crippen LogP contribution >= 0.6 is 0 Å². The summed E-state index contributed by atoms with van der Waals surface area (Å²) < 4.78 is 36.0. The lowest BCUT2D eigenvalue weighted by molar-refractivity contribution is -0.141. The van der Waals surface area contributed by atoms with Crippen molar-refractivity contribution in [1.82, 2.24) is 9.80 Å². The highest BCUT2D eigenvalue weighted by atomic mass is 19.4. The quantitative estimate of drug-likeness (QED) is 0.841. The molecule has 1 atom stereocenters. The molecule has 1 rings (SSSR count). The van der Waals surface area contributed by atoms with Gasteiger partial charge in [0.2, 0.25) is 0 Å². The van der Waals surface area contributed by atoms with Crippen molar-refractivity contribution in [3.05, 3.63) is 0 Å². The number of likely N-dealkylation sites (tertiary alicyclic amines) is 1. The predicted molar refractivity (Wildman–Crippen MR) is 56.0 cm³/mol. The van der Waals surface area contributed by atoms with Crippen LogP contribution in [0, 0.1) is 5.92 Å². The zero-order valence-electron chi connectivity index (χ0n) is 9.90. The van der Waals surface area contributed by atoms with Crippen LogP contribution < -0.4 is 0 Å². The van der Waals surface area contributed by atoms with Gasteiger partial charge < -0.3 is 14.9 Å². The molecule has 0 aromatic carbocycles. The van der Waals surface area contributed by atoms with Gasteiger partial charge in [0.1, 0.15) is 0 Å². The minimum Gasteiger partial charge on any atom is -0.481 e. The minimum absolute atomic E-state index is 0.0600. The molecule has 5 nitrogen and oxygen atoms in total. The number of amides is 2. The molecule has 1 unspecified atom stereocenters. The van der Waals surface area contributed by atoms with E-state index in [4.69, 9.17) is 5.11 Å². The first-order chi connectivity index (χ1) is 8.20. The lowest BCUT2D eigenvalue weighted by atomic mass is 10.1. The Balaban J connectivity index is 2.43. The number of hydrogen-bond acceptors (Lipinski definition) is 2. The van der Waals surface area contributed by atoms with Gasteiger partial charge in [-0.2, -0.15) is 13.2 Å². The largest absolute Gasteiger partial charge is 0.481 e. The van der Waals surface area contributed by atoms with E-state index in [-0.39, 0.29) is 13.1 Å². The number of rotatable bonds is 3. The van der Waals surface area contributed by atoms with Gasteiger partial charge in [0, 0.05) is 26.7 Å². The third-order valence-corrected chi connectivity index (χ3v) is 2.87. The Labute approximate surface area is 102 Å². The van der Waals surface area contributed by atoms with Gasteiger partial charge in [-0.15, -0.1) is 0 Å². The van der Waals surface area contributed by atoms with Gasteiger partial charge in [-0.3, -0.25) is 4.79 Å². The summed E-state index contributed by atoms with van der Waals surface area (Å²) in [5.74, 6) is -1.60. The molecular formula is C10H15F3N2O3. The summed E-state index contributed by atoms with van der Waals surface area (Å²) in [5, 5.41) is 8.76. The Bertz CT molecular complexity index is 333. The fourth-order valence-corrected chi connectivity index (χ4v) is 1.77. The fourth-order valence-electron chi connectivity index (χ4n) is 1.77. The molecule has 8 heteroatoms. The Morgan fingerprint density at radius 1 is 1.44 bits per heavy atom. The first-order valence-electron chi connectivity index (χ1n) is 5.50. The van der Waals surface area contributed by atoms with E-state index in [1.54, 1.807) is 0 Å². The minimum atomic E-state index is -4.30. The monoisotopic (exact) mass is 268 g/mol. The van der Waals surface area contributed by atoms with E-state index in [0.29, 0.717) is 6.42 Å². The maximum absolute atomic E-state index is 12.0. The van der Waals surface area contributed by atoms with Gasteiger partial charge in [0.05, 0.1) is 12.3 Å². The molecule has 104 valence electrons. The third kappa shape index (κ3) is 4.08. The van der Waals surface area contributed by atoms with Gasteiger partial charge in [-0.25, -0.2) is 4.79 Å². The molecular weight excluding hydrogens is 253 g/mol. The number of nitrogens with zero attached hydrogens (tertiary/aromatic N) is 2. The summed E-state index contributed by atoms with van der Waals surface area (Å²) in [7, 11) is 1.28.